The molecule has 0 saturated heterocycles. The Balaban J connectivity index is 0.00000133. The predicted octanol–water partition coefficient (Wildman–Crippen LogP) is 3.50. The number of rotatable bonds is 4. The third kappa shape index (κ3) is 2.80. The van der Waals surface area contributed by atoms with Crippen LogP contribution in [0.5, 0.6) is 0 Å². The second kappa shape index (κ2) is 5.98. The minimum absolute atomic E-state index is 0. The van der Waals surface area contributed by atoms with Crippen LogP contribution in [0.2, 0.25) is 0 Å². The van der Waals surface area contributed by atoms with Crippen LogP contribution in [0.4, 0.5) is 0 Å². The molecule has 1 aliphatic rings. The lowest BCUT2D eigenvalue weighted by atomic mass is 9.93. The first kappa shape index (κ1) is 14.4. The van der Waals surface area contributed by atoms with Gasteiger partial charge in [-0.05, 0) is 63.5 Å². The van der Waals surface area contributed by atoms with Crippen molar-refractivity contribution in [2.45, 2.75) is 32.2 Å². The van der Waals surface area contributed by atoms with Gasteiger partial charge >= 0.3 is 0 Å². The van der Waals surface area contributed by atoms with Crippen LogP contribution in [0.1, 0.15) is 24.0 Å². The van der Waals surface area contributed by atoms with Gasteiger partial charge in [0.15, 0.2) is 0 Å². The lowest BCUT2D eigenvalue weighted by Gasteiger charge is -2.12. The fourth-order valence-corrected chi connectivity index (χ4v) is 3.13. The largest absolute Gasteiger partial charge is 0.347 e. The maximum atomic E-state index is 2.46. The lowest BCUT2D eigenvalue weighted by molar-refractivity contribution is 0.388. The van der Waals surface area contributed by atoms with Crippen molar-refractivity contribution in [3.63, 3.8) is 0 Å². The maximum Gasteiger partial charge on any atom is 0.0485 e. The highest BCUT2D eigenvalue weighted by atomic mass is 35.5. The summed E-state index contributed by atoms with van der Waals surface area (Å²) in [5.74, 6) is 0. The maximum absolute atomic E-state index is 2.46. The molecule has 0 aliphatic heterocycles. The number of hydrogen-bond donors (Lipinski definition) is 0. The minimum atomic E-state index is 0. The summed E-state index contributed by atoms with van der Waals surface area (Å²) in [4.78, 5) is 2.26. The summed E-state index contributed by atoms with van der Waals surface area (Å²) in [7, 11) is 4.29. The van der Waals surface area contributed by atoms with Gasteiger partial charge in [-0.25, -0.2) is 0 Å². The van der Waals surface area contributed by atoms with Crippen LogP contribution in [0.15, 0.2) is 24.4 Å². The summed E-state index contributed by atoms with van der Waals surface area (Å²) < 4.78 is 2.46. The average Bonchev–Trinajstić information content (AvgIpc) is 2.70. The summed E-state index contributed by atoms with van der Waals surface area (Å²) in [6.45, 7) is 2.30. The molecule has 0 atom stereocenters. The zero-order chi connectivity index (χ0) is 12.5. The Kier molecular flexibility index (Phi) is 4.54. The third-order valence-electron chi connectivity index (χ3n) is 3.97. The van der Waals surface area contributed by atoms with Gasteiger partial charge in [0.2, 0.25) is 0 Å². The van der Waals surface area contributed by atoms with E-state index in [1.807, 2.05) is 0 Å². The minimum Gasteiger partial charge on any atom is -0.347 e. The number of halogens is 1. The molecule has 104 valence electrons. The van der Waals surface area contributed by atoms with Gasteiger partial charge in [-0.1, -0.05) is 12.1 Å². The summed E-state index contributed by atoms with van der Waals surface area (Å²) in [5.41, 5.74) is 4.57. The second-order valence-electron chi connectivity index (χ2n) is 5.67. The van der Waals surface area contributed by atoms with Crippen LogP contribution in [0.3, 0.4) is 0 Å². The van der Waals surface area contributed by atoms with Gasteiger partial charge in [0.25, 0.3) is 0 Å². The molecular formula is C16H23ClN2. The van der Waals surface area contributed by atoms with Crippen molar-refractivity contribution in [3.8, 4) is 0 Å². The van der Waals surface area contributed by atoms with E-state index in [1.54, 1.807) is 16.5 Å². The van der Waals surface area contributed by atoms with Gasteiger partial charge in [0, 0.05) is 23.6 Å². The second-order valence-corrected chi connectivity index (χ2v) is 5.67. The Labute approximate surface area is 121 Å². The van der Waals surface area contributed by atoms with Crippen LogP contribution >= 0.6 is 12.4 Å². The van der Waals surface area contributed by atoms with E-state index in [4.69, 9.17) is 0 Å². The molecule has 2 nitrogen and oxygen atoms in total. The predicted molar refractivity (Wildman–Crippen MR) is 84.4 cm³/mol. The van der Waals surface area contributed by atoms with Crippen LogP contribution in [-0.4, -0.2) is 30.1 Å². The molecule has 0 fully saturated rings. The van der Waals surface area contributed by atoms with Crippen LogP contribution < -0.4 is 0 Å². The number of aromatic nitrogens is 1. The van der Waals surface area contributed by atoms with Crippen molar-refractivity contribution in [1.82, 2.24) is 9.47 Å². The Morgan fingerprint density at radius 3 is 2.74 bits per heavy atom. The molecule has 1 heterocycles. The molecule has 1 aromatic heterocycles. The molecule has 0 spiro atoms. The molecule has 0 radical (unpaired) electrons. The third-order valence-corrected chi connectivity index (χ3v) is 3.97. The number of nitrogens with zero attached hydrogens (tertiary/aromatic N) is 2. The fourth-order valence-electron chi connectivity index (χ4n) is 3.13. The highest BCUT2D eigenvalue weighted by Crippen LogP contribution is 2.31. The quantitative estimate of drug-likeness (QED) is 0.831. The highest BCUT2D eigenvalue weighted by Gasteiger charge is 2.15. The number of hydrogen-bond acceptors (Lipinski definition) is 1. The molecule has 0 saturated carbocycles. The number of benzene rings is 1. The van der Waals surface area contributed by atoms with Gasteiger partial charge in [-0.3, -0.25) is 0 Å². The Hall–Kier alpha value is -0.990. The summed E-state index contributed by atoms with van der Waals surface area (Å²) >= 11 is 0. The van der Waals surface area contributed by atoms with E-state index in [9.17, 15) is 0 Å². The van der Waals surface area contributed by atoms with Crippen LogP contribution in [0, 0.1) is 0 Å². The first-order chi connectivity index (χ1) is 8.75. The Morgan fingerprint density at radius 2 is 1.95 bits per heavy atom. The first-order valence-electron chi connectivity index (χ1n) is 7.00. The van der Waals surface area contributed by atoms with Crippen molar-refractivity contribution >= 4 is 23.3 Å². The summed E-state index contributed by atoms with van der Waals surface area (Å²) in [6, 6.07) is 6.80. The van der Waals surface area contributed by atoms with Gasteiger partial charge in [-0.15, -0.1) is 12.4 Å². The van der Waals surface area contributed by atoms with E-state index >= 15 is 0 Å². The molecule has 1 aromatic carbocycles. The lowest BCUT2D eigenvalue weighted by Crippen LogP contribution is -2.14. The Bertz CT molecular complexity index is 557. The zero-order valence-corrected chi connectivity index (χ0v) is 12.7. The molecule has 2 aromatic rings. The number of aryl methyl sites for hydroxylation is 3. The average molecular weight is 279 g/mol. The van der Waals surface area contributed by atoms with Gasteiger partial charge in [0.1, 0.15) is 0 Å². The molecule has 3 rings (SSSR count). The monoisotopic (exact) mass is 278 g/mol. The normalized spacial score (nSPS) is 13.8. The van der Waals surface area contributed by atoms with Crippen LogP contribution in [0.25, 0.3) is 10.9 Å². The smallest absolute Gasteiger partial charge is 0.0485 e. The SMILES string of the molecule is CN(C)CCCn1cc2c3c(cccc31)CCC2.Cl. The van der Waals surface area contributed by atoms with Gasteiger partial charge < -0.3 is 9.47 Å². The van der Waals surface area contributed by atoms with E-state index in [-0.39, 0.29) is 12.4 Å². The van der Waals surface area contributed by atoms with Crippen molar-refractivity contribution in [2.24, 2.45) is 0 Å². The van der Waals surface area contributed by atoms with Gasteiger partial charge in [0.05, 0.1) is 0 Å². The molecule has 19 heavy (non-hydrogen) atoms. The zero-order valence-electron chi connectivity index (χ0n) is 11.9. The van der Waals surface area contributed by atoms with Gasteiger partial charge in [-0.2, -0.15) is 0 Å². The van der Waals surface area contributed by atoms with Crippen molar-refractivity contribution in [3.05, 3.63) is 35.5 Å². The molecule has 0 N–H and O–H groups in total. The first-order valence-corrected chi connectivity index (χ1v) is 7.00. The molecular weight excluding hydrogens is 256 g/mol. The van der Waals surface area contributed by atoms with E-state index in [0.717, 1.165) is 13.1 Å². The van der Waals surface area contributed by atoms with Crippen molar-refractivity contribution in [1.29, 1.82) is 0 Å². The van der Waals surface area contributed by atoms with Crippen molar-refractivity contribution in [2.75, 3.05) is 20.6 Å². The molecule has 1 aliphatic carbocycles. The summed E-state index contributed by atoms with van der Waals surface area (Å²) in [5, 5.41) is 1.55. The topological polar surface area (TPSA) is 8.17 Å². The molecule has 0 unspecified atom stereocenters. The van der Waals surface area contributed by atoms with E-state index < -0.39 is 0 Å². The van der Waals surface area contributed by atoms with Crippen molar-refractivity contribution < 1.29 is 0 Å². The summed E-state index contributed by atoms with van der Waals surface area (Å²) in [6.07, 6.45) is 7.44. The van der Waals surface area contributed by atoms with E-state index in [0.29, 0.717) is 0 Å². The standard InChI is InChI=1S/C16H22N2.ClH/c1-17(2)10-5-11-18-12-14-8-3-6-13-7-4-9-15(18)16(13)14;/h4,7,9,12H,3,5-6,8,10-11H2,1-2H3;1H. The molecule has 0 amide bonds. The van der Waals surface area contributed by atoms with E-state index in [1.165, 1.54) is 31.2 Å². The molecule has 0 bridgehead atoms. The fraction of sp³-hybridized carbons (Fsp3) is 0.500. The van der Waals surface area contributed by atoms with E-state index in [2.05, 4.69) is 48.0 Å². The highest BCUT2D eigenvalue weighted by molar-refractivity contribution is 5.88. The Morgan fingerprint density at radius 1 is 1.16 bits per heavy atom. The molecule has 3 heteroatoms. The van der Waals surface area contributed by atoms with Crippen LogP contribution in [-0.2, 0) is 19.4 Å².